The lowest BCUT2D eigenvalue weighted by atomic mass is 10.0. The molecule has 0 aromatic carbocycles. The fraction of sp³-hybridized carbons (Fsp3) is 0.791. The van der Waals surface area contributed by atoms with Crippen molar-refractivity contribution in [3.63, 3.8) is 0 Å². The maximum Gasteiger partial charge on any atom is 0.472 e. The van der Waals surface area contributed by atoms with Crippen LogP contribution >= 0.6 is 7.82 Å². The first kappa shape index (κ1) is 74.5. The molecule has 0 aliphatic rings. The first-order valence-electron chi connectivity index (χ1n) is 32.4. The number of hydrogen-bond donors (Lipinski definition) is 2. The molecule has 77 heavy (non-hydrogen) atoms. The lowest BCUT2D eigenvalue weighted by Gasteiger charge is -2.19. The van der Waals surface area contributed by atoms with Crippen LogP contribution in [0.5, 0.6) is 0 Å². The van der Waals surface area contributed by atoms with Crippen molar-refractivity contribution in [2.75, 3.05) is 26.4 Å². The van der Waals surface area contributed by atoms with E-state index in [9.17, 15) is 19.0 Å². The molecule has 9 nitrogen and oxygen atoms in total. The average molecular weight is 1100 g/mol. The normalized spacial score (nSPS) is 13.5. The molecule has 0 bridgehead atoms. The van der Waals surface area contributed by atoms with Crippen LogP contribution in [0.3, 0.4) is 0 Å². The van der Waals surface area contributed by atoms with Crippen LogP contribution in [0.2, 0.25) is 0 Å². The second-order valence-corrected chi connectivity index (χ2v) is 23.1. The van der Waals surface area contributed by atoms with Gasteiger partial charge in [0.2, 0.25) is 0 Å². The summed E-state index contributed by atoms with van der Waals surface area (Å²) >= 11 is 0. The molecular formula is C67H122NO8P. The van der Waals surface area contributed by atoms with Gasteiger partial charge in [0, 0.05) is 19.4 Å². The van der Waals surface area contributed by atoms with E-state index in [4.69, 9.17) is 24.3 Å². The van der Waals surface area contributed by atoms with Crippen molar-refractivity contribution in [3.05, 3.63) is 72.9 Å². The number of ether oxygens (including phenoxy) is 2. The van der Waals surface area contributed by atoms with Crippen molar-refractivity contribution in [1.29, 1.82) is 0 Å². The van der Waals surface area contributed by atoms with Crippen molar-refractivity contribution in [2.24, 2.45) is 5.73 Å². The van der Waals surface area contributed by atoms with Crippen molar-refractivity contribution in [2.45, 2.75) is 315 Å². The first-order valence-corrected chi connectivity index (χ1v) is 33.9. The highest BCUT2D eigenvalue weighted by Gasteiger charge is 2.26. The summed E-state index contributed by atoms with van der Waals surface area (Å²) in [6.45, 7) is 3.66. The Kier molecular flexibility index (Phi) is 60.6. The number of rotatable bonds is 61. The Labute approximate surface area is 475 Å². The van der Waals surface area contributed by atoms with Gasteiger partial charge in [-0.15, -0.1) is 0 Å². The lowest BCUT2D eigenvalue weighted by molar-refractivity contribution is -0.161. The van der Waals surface area contributed by atoms with E-state index < -0.39 is 26.5 Å². The number of carbonyl (C=O) groups is 2. The van der Waals surface area contributed by atoms with E-state index in [1.807, 2.05) is 0 Å². The summed E-state index contributed by atoms with van der Waals surface area (Å²) in [5, 5.41) is 0. The zero-order chi connectivity index (χ0) is 55.9. The molecule has 0 aliphatic heterocycles. The van der Waals surface area contributed by atoms with Gasteiger partial charge in [-0.2, -0.15) is 0 Å². The number of phosphoric acid groups is 1. The first-order chi connectivity index (χ1) is 37.8. The smallest absolute Gasteiger partial charge is 0.462 e. The minimum atomic E-state index is -4.39. The van der Waals surface area contributed by atoms with Gasteiger partial charge in [-0.1, -0.05) is 286 Å². The van der Waals surface area contributed by atoms with Gasteiger partial charge in [0.25, 0.3) is 0 Å². The second-order valence-electron chi connectivity index (χ2n) is 21.6. The lowest BCUT2D eigenvalue weighted by Crippen LogP contribution is -2.29. The molecule has 3 N–H and O–H groups in total. The monoisotopic (exact) mass is 1100 g/mol. The zero-order valence-electron chi connectivity index (χ0n) is 50.2. The third kappa shape index (κ3) is 62.5. The number of allylic oxidation sites excluding steroid dienone is 12. The molecule has 0 saturated heterocycles. The van der Waals surface area contributed by atoms with Gasteiger partial charge in [-0.3, -0.25) is 18.6 Å². The van der Waals surface area contributed by atoms with Gasteiger partial charge in [0.1, 0.15) is 6.61 Å². The van der Waals surface area contributed by atoms with E-state index in [0.29, 0.717) is 6.42 Å². The molecule has 10 heteroatoms. The summed E-state index contributed by atoms with van der Waals surface area (Å²) in [7, 11) is -4.39. The highest BCUT2D eigenvalue weighted by atomic mass is 31.2. The maximum absolute atomic E-state index is 12.7. The molecule has 0 rings (SSSR count). The summed E-state index contributed by atoms with van der Waals surface area (Å²) in [4.78, 5) is 35.3. The van der Waals surface area contributed by atoms with Crippen LogP contribution in [-0.2, 0) is 32.7 Å². The maximum atomic E-state index is 12.7. The van der Waals surface area contributed by atoms with Crippen LogP contribution in [0, 0.1) is 0 Å². The minimum Gasteiger partial charge on any atom is -0.462 e. The molecule has 2 unspecified atom stereocenters. The second kappa shape index (κ2) is 62.6. The van der Waals surface area contributed by atoms with Crippen LogP contribution in [0.15, 0.2) is 72.9 Å². The number of nitrogens with two attached hydrogens (primary N) is 1. The van der Waals surface area contributed by atoms with Gasteiger partial charge in [-0.25, -0.2) is 4.57 Å². The summed E-state index contributed by atoms with van der Waals surface area (Å²) in [6.07, 6.45) is 81.2. The van der Waals surface area contributed by atoms with Gasteiger partial charge < -0.3 is 20.1 Å². The van der Waals surface area contributed by atoms with E-state index in [-0.39, 0.29) is 38.6 Å². The van der Waals surface area contributed by atoms with Gasteiger partial charge in [0.05, 0.1) is 13.2 Å². The van der Waals surface area contributed by atoms with Crippen LogP contribution in [-0.4, -0.2) is 49.3 Å². The van der Waals surface area contributed by atoms with Crippen molar-refractivity contribution in [3.8, 4) is 0 Å². The Bertz CT molecular complexity index is 1490. The van der Waals surface area contributed by atoms with Crippen LogP contribution in [0.25, 0.3) is 0 Å². The highest BCUT2D eigenvalue weighted by molar-refractivity contribution is 7.47. The molecule has 2 atom stereocenters. The third-order valence-electron chi connectivity index (χ3n) is 14.1. The fourth-order valence-electron chi connectivity index (χ4n) is 9.31. The zero-order valence-corrected chi connectivity index (χ0v) is 51.1. The molecule has 0 aromatic heterocycles. The Morgan fingerprint density at radius 2 is 0.714 bits per heavy atom. The topological polar surface area (TPSA) is 134 Å². The minimum absolute atomic E-state index is 0.0528. The number of esters is 2. The number of hydrogen-bond acceptors (Lipinski definition) is 8. The Hall–Kier alpha value is -2.55. The quantitative estimate of drug-likeness (QED) is 0.0264. The highest BCUT2D eigenvalue weighted by Crippen LogP contribution is 2.43. The van der Waals surface area contributed by atoms with Gasteiger partial charge >= 0.3 is 19.8 Å². The molecular weight excluding hydrogens is 978 g/mol. The van der Waals surface area contributed by atoms with E-state index in [2.05, 4.69) is 86.8 Å². The predicted molar refractivity (Wildman–Crippen MR) is 330 cm³/mol. The Balaban J connectivity index is 3.89. The summed E-state index contributed by atoms with van der Waals surface area (Å²) in [6, 6.07) is 0. The van der Waals surface area contributed by atoms with Crippen molar-refractivity contribution in [1.82, 2.24) is 0 Å². The van der Waals surface area contributed by atoms with Crippen LogP contribution in [0.1, 0.15) is 309 Å². The molecule has 0 aliphatic carbocycles. The molecule has 0 fully saturated rings. The van der Waals surface area contributed by atoms with E-state index in [1.54, 1.807) is 0 Å². The fourth-order valence-corrected chi connectivity index (χ4v) is 10.1. The van der Waals surface area contributed by atoms with Crippen molar-refractivity contribution < 1.29 is 37.6 Å². The van der Waals surface area contributed by atoms with Gasteiger partial charge in [-0.05, 0) is 83.5 Å². The summed E-state index contributed by atoms with van der Waals surface area (Å²) in [5.41, 5.74) is 5.40. The molecule has 448 valence electrons. The molecule has 0 heterocycles. The Morgan fingerprint density at radius 1 is 0.403 bits per heavy atom. The van der Waals surface area contributed by atoms with E-state index >= 15 is 0 Å². The predicted octanol–water partition coefficient (Wildman–Crippen LogP) is 20.9. The number of carbonyl (C=O) groups excluding carboxylic acids is 2. The van der Waals surface area contributed by atoms with Crippen molar-refractivity contribution >= 4 is 19.8 Å². The van der Waals surface area contributed by atoms with Crippen LogP contribution < -0.4 is 5.73 Å². The van der Waals surface area contributed by atoms with Crippen LogP contribution in [0.4, 0.5) is 0 Å². The third-order valence-corrected chi connectivity index (χ3v) is 15.1. The van der Waals surface area contributed by atoms with Gasteiger partial charge in [0.15, 0.2) is 6.10 Å². The molecule has 0 spiro atoms. The van der Waals surface area contributed by atoms with E-state index in [0.717, 1.165) is 70.6 Å². The number of unbranched alkanes of at least 4 members (excludes halogenated alkanes) is 36. The molecule has 0 amide bonds. The summed E-state index contributed by atoms with van der Waals surface area (Å²) < 4.78 is 33.1. The summed E-state index contributed by atoms with van der Waals surface area (Å²) in [5.74, 6) is -0.816. The molecule has 0 saturated carbocycles. The van der Waals surface area contributed by atoms with E-state index in [1.165, 1.54) is 205 Å². The number of phosphoric ester groups is 1. The molecule has 0 aromatic rings. The molecule has 0 radical (unpaired) electrons. The average Bonchev–Trinajstić information content (AvgIpc) is 3.42. The standard InChI is InChI=1S/C67H122NO8P/c1-3-5-7-9-11-13-15-17-19-21-23-25-27-29-31-32-34-36-38-40-42-44-46-48-50-52-54-56-58-60-67(70)76-65(64-75-77(71,72)74-62-61-68)63-73-66(69)59-57-55-53-51-49-47-45-43-41-39-37-35-33-30-28-26-24-22-20-18-16-14-12-10-8-6-4-2/h5,7,11,13,16-19,22-25,65H,3-4,6,8-10,12,14-15,20-21,26-64,68H2,1-2H3,(H,71,72)/b7-5-,13-11-,18-16-,19-17-,24-22-,25-23-. The SMILES string of the molecule is CC/C=C\C/C=C\C/C=C\C/C=C\CCCCCCCCCCCCCCCCCCC(=O)OC(COC(=O)CCCCCCCCCCCCCCCCC/C=C\C/C=C\CCCCCCC)COP(=O)(O)OCCN. The largest absolute Gasteiger partial charge is 0.472 e. The Morgan fingerprint density at radius 3 is 1.06 bits per heavy atom.